The van der Waals surface area contributed by atoms with Crippen LogP contribution in [0.2, 0.25) is 0 Å². The van der Waals surface area contributed by atoms with E-state index in [0.717, 1.165) is 0 Å². The molecule has 5 heavy (non-hydrogen) atoms. The predicted molar refractivity (Wildman–Crippen MR) is 18.4 cm³/mol. The summed E-state index contributed by atoms with van der Waals surface area (Å²) in [6.07, 6.45) is 0. The Balaban J connectivity index is 0. The van der Waals surface area contributed by atoms with Gasteiger partial charge in [-0.25, -0.2) is 0 Å². The molecule has 0 saturated carbocycles. The molecule has 0 aromatic rings. The van der Waals surface area contributed by atoms with E-state index >= 15 is 0 Å². The number of rotatable bonds is 0. The molecule has 0 fully saturated rings. The minimum absolute atomic E-state index is 0. The van der Waals surface area contributed by atoms with Gasteiger partial charge < -0.3 is 24.4 Å². The van der Waals surface area contributed by atoms with Gasteiger partial charge in [-0.05, 0) is 0 Å². The van der Waals surface area contributed by atoms with Gasteiger partial charge in [-0.15, -0.1) is 0 Å². The Bertz CT molecular complexity index is 9.61. The van der Waals surface area contributed by atoms with Crippen LogP contribution in [0, 0.1) is 0 Å². The molecule has 0 aliphatic rings. The van der Waals surface area contributed by atoms with Crippen LogP contribution in [-0.2, 0) is 13.5 Å². The van der Waals surface area contributed by atoms with Gasteiger partial charge in [-0.3, -0.25) is 0 Å². The summed E-state index contributed by atoms with van der Waals surface area (Å²) >= 11 is 0. The Morgan fingerprint density at radius 1 is 0.800 bits per heavy atom. The maximum atomic E-state index is 0. The van der Waals surface area contributed by atoms with E-state index in [4.69, 9.17) is 0 Å². The third kappa shape index (κ3) is 23.7. The molecule has 0 unspecified atom stereocenters. The molecule has 24 valence electrons. The van der Waals surface area contributed by atoms with Crippen molar-refractivity contribution in [1.29, 1.82) is 0 Å². The van der Waals surface area contributed by atoms with Crippen LogP contribution >= 0.6 is 0 Å². The molecule has 0 heterocycles. The smallest absolute Gasteiger partial charge is 0.870 e. The van der Waals surface area contributed by atoms with Gasteiger partial charge in [0, 0.05) is 0 Å². The quantitative estimate of drug-likeness (QED) is 0.183. The second-order valence-electron chi connectivity index (χ2n) is 0. The third-order valence-electron chi connectivity index (χ3n) is 0. The summed E-state index contributed by atoms with van der Waals surface area (Å²) in [4.78, 5) is 0. The molecule has 0 rings (SSSR count). The fourth-order valence-electron chi connectivity index (χ4n) is 0. The number of hydrogen-bond acceptors (Lipinski definition) is 3. The molecule has 5 heteroatoms. The molecule has 0 amide bonds. The normalized spacial score (nSPS) is 0. The molecule has 0 atom stereocenters. The summed E-state index contributed by atoms with van der Waals surface area (Å²) < 4.78 is 0. The van der Waals surface area contributed by atoms with Crippen LogP contribution < -0.4 is 29.6 Å². The summed E-state index contributed by atoms with van der Waals surface area (Å²) in [6, 6.07) is 0. The van der Waals surface area contributed by atoms with Crippen molar-refractivity contribution in [1.82, 2.24) is 0 Å². The second kappa shape index (κ2) is 36.9. The van der Waals surface area contributed by atoms with E-state index in [1.807, 2.05) is 0 Å². The standard InChI is InChI=1S/Mg.Na.2H2O.H2S/h;;3*1H2/q+2;+1;;;/p-3. The van der Waals surface area contributed by atoms with Crippen LogP contribution in [0.3, 0.4) is 0 Å². The summed E-state index contributed by atoms with van der Waals surface area (Å²) in [5, 5.41) is 0. The Morgan fingerprint density at radius 2 is 0.800 bits per heavy atom. The van der Waals surface area contributed by atoms with Crippen LogP contribution in [-0.4, -0.2) is 34.0 Å². The molecule has 0 bridgehead atoms. The van der Waals surface area contributed by atoms with E-state index < -0.39 is 0 Å². The topological polar surface area (TPSA) is 60.0 Å². The second-order valence-corrected chi connectivity index (χ2v) is 0. The molecule has 0 radical (unpaired) electrons. The molecular formula is H3MgNaO2S. The van der Waals surface area contributed by atoms with Crippen molar-refractivity contribution in [2.45, 2.75) is 0 Å². The third-order valence-corrected chi connectivity index (χ3v) is 0. The molecule has 2 nitrogen and oxygen atoms in total. The Hall–Kier alpha value is 2.04. The Kier molecular flexibility index (Phi) is 457. The van der Waals surface area contributed by atoms with E-state index in [-0.39, 0.29) is 77.1 Å². The molecule has 2 N–H and O–H groups in total. The number of hydrogen-bond donors (Lipinski definition) is 0. The van der Waals surface area contributed by atoms with Gasteiger partial charge in [0.1, 0.15) is 0 Å². The number of thiol groups is 1. The summed E-state index contributed by atoms with van der Waals surface area (Å²) in [6.45, 7) is 0. The van der Waals surface area contributed by atoms with Crippen molar-refractivity contribution in [3.8, 4) is 0 Å². The molecule has 0 aliphatic carbocycles. The average molecular weight is 114 g/mol. The Labute approximate surface area is 76.2 Å². The first-order valence-electron chi connectivity index (χ1n) is 0. The van der Waals surface area contributed by atoms with Gasteiger partial charge in [0.05, 0.1) is 0 Å². The largest absolute Gasteiger partial charge is 2.00 e. The van der Waals surface area contributed by atoms with Crippen LogP contribution in [0.1, 0.15) is 0 Å². The Morgan fingerprint density at radius 3 is 0.800 bits per heavy atom. The summed E-state index contributed by atoms with van der Waals surface area (Å²) in [5.41, 5.74) is 0. The monoisotopic (exact) mass is 114 g/mol. The first kappa shape index (κ1) is 61.8. The minimum atomic E-state index is 0. The van der Waals surface area contributed by atoms with Gasteiger partial charge in [0.25, 0.3) is 0 Å². The molecular weight excluding hydrogens is 111 g/mol. The van der Waals surface area contributed by atoms with Crippen molar-refractivity contribution in [2.24, 2.45) is 0 Å². The van der Waals surface area contributed by atoms with Gasteiger partial charge in [0.15, 0.2) is 0 Å². The van der Waals surface area contributed by atoms with Crippen LogP contribution in [0.15, 0.2) is 0 Å². The zero-order valence-electron chi connectivity index (χ0n) is 3.05. The molecule has 0 aromatic heterocycles. The van der Waals surface area contributed by atoms with Crippen molar-refractivity contribution in [3.05, 3.63) is 0 Å². The zero-order chi connectivity index (χ0) is 0. The van der Waals surface area contributed by atoms with Crippen molar-refractivity contribution < 1.29 is 40.5 Å². The van der Waals surface area contributed by atoms with E-state index in [0.29, 0.717) is 0 Å². The van der Waals surface area contributed by atoms with E-state index in [1.54, 1.807) is 0 Å². The van der Waals surface area contributed by atoms with Crippen LogP contribution in [0.4, 0.5) is 0 Å². The minimum Gasteiger partial charge on any atom is -0.870 e. The fourth-order valence-corrected chi connectivity index (χ4v) is 0. The first-order chi connectivity index (χ1) is 0. The average Bonchev–Trinajstić information content (AvgIpc) is 0. The van der Waals surface area contributed by atoms with E-state index in [1.165, 1.54) is 0 Å². The zero-order valence-corrected chi connectivity index (χ0v) is 7.36. The van der Waals surface area contributed by atoms with Crippen molar-refractivity contribution in [2.75, 3.05) is 0 Å². The molecule has 0 aromatic carbocycles. The van der Waals surface area contributed by atoms with Crippen LogP contribution in [0.5, 0.6) is 0 Å². The van der Waals surface area contributed by atoms with Gasteiger partial charge in [-0.1, -0.05) is 0 Å². The van der Waals surface area contributed by atoms with E-state index in [2.05, 4.69) is 0 Å². The maximum Gasteiger partial charge on any atom is 2.00 e. The SMILES string of the molecule is [Mg+2].[Na+].[OH-].[OH-].[SH-]. The molecule has 0 spiro atoms. The molecule has 0 aliphatic heterocycles. The predicted octanol–water partition coefficient (Wildman–Crippen LogP) is -4.00. The van der Waals surface area contributed by atoms with Gasteiger partial charge in [0.2, 0.25) is 0 Å². The van der Waals surface area contributed by atoms with E-state index in [9.17, 15) is 0 Å². The maximum absolute atomic E-state index is 0. The van der Waals surface area contributed by atoms with Gasteiger partial charge >= 0.3 is 52.6 Å². The fraction of sp³-hybridized carbons (Fsp3) is 0. The van der Waals surface area contributed by atoms with Crippen LogP contribution in [0.25, 0.3) is 0 Å². The van der Waals surface area contributed by atoms with Crippen molar-refractivity contribution >= 4 is 36.5 Å². The molecule has 0 saturated heterocycles. The van der Waals surface area contributed by atoms with Gasteiger partial charge in [-0.2, -0.15) is 0 Å². The summed E-state index contributed by atoms with van der Waals surface area (Å²) in [7, 11) is 0. The first-order valence-corrected chi connectivity index (χ1v) is 0. The summed E-state index contributed by atoms with van der Waals surface area (Å²) in [5.74, 6) is 0. The van der Waals surface area contributed by atoms with Crippen molar-refractivity contribution in [3.63, 3.8) is 0 Å².